The van der Waals surface area contributed by atoms with Crippen LogP contribution in [-0.4, -0.2) is 108 Å². The van der Waals surface area contributed by atoms with Crippen molar-refractivity contribution in [2.45, 2.75) is 156 Å². The summed E-state index contributed by atoms with van der Waals surface area (Å²) < 4.78 is 17.4. The number of carboxylic acids is 1. The van der Waals surface area contributed by atoms with Crippen molar-refractivity contribution in [1.82, 2.24) is 20.9 Å². The van der Waals surface area contributed by atoms with Gasteiger partial charge in [0.25, 0.3) is 11.8 Å². The number of unbranched alkanes of at least 4 members (excludes halogenated alkanes) is 3. The standard InChI is InChI=1S/C51H78N6O10/c1-8-9-10-20-27-44(66-31-35(4)52)36(5)49(61)57(7)43(28-34(2)3)47(59)56-45(40-25-18-13-19-26-40)48(60)55-42(30-54-51(64)67-33-39-23-16-12-17-24-39)46(58)53-29-41(50(62)63)37(6)65-32-38-21-14-11-15-22-38/h11-12,14-17,21-24,34-37,40-41,43-45H,8-10,13,18-20,25-33,52H2,1-7H3,(H,53,58)(H,54,64)(H,56,59)(H,62,63)/t35-,36-,37+,41+,43+,44-,45+/m1/s1. The molecule has 372 valence electrons. The fraction of sp³-hybridized carbons (Fsp3) is 0.627. The molecular weight excluding hydrogens is 857 g/mol. The molecule has 0 aliphatic heterocycles. The number of nitrogens with two attached hydrogens (primary N) is 1. The van der Waals surface area contributed by atoms with Gasteiger partial charge in [0.05, 0.1) is 43.8 Å². The molecule has 0 bridgehead atoms. The Labute approximate surface area is 397 Å². The van der Waals surface area contributed by atoms with E-state index in [0.29, 0.717) is 25.7 Å². The van der Waals surface area contributed by atoms with Crippen LogP contribution in [0.2, 0.25) is 0 Å². The zero-order valence-electron chi connectivity index (χ0n) is 40.9. The second-order valence-electron chi connectivity index (χ2n) is 18.4. The fourth-order valence-corrected chi connectivity index (χ4v) is 8.12. The minimum atomic E-state index is -1.22. The summed E-state index contributed by atoms with van der Waals surface area (Å²) in [6, 6.07) is 15.9. The minimum Gasteiger partial charge on any atom is -0.481 e. The summed E-state index contributed by atoms with van der Waals surface area (Å²) in [4.78, 5) is 88.3. The Bertz CT molecular complexity index is 1860. The first-order valence-corrected chi connectivity index (χ1v) is 24.2. The number of carboxylic acid groups (broad SMARTS) is 1. The molecule has 1 aliphatic carbocycles. The van der Waals surface area contributed by atoms with Gasteiger partial charge in [0, 0.05) is 19.6 Å². The Morgan fingerprint density at radius 2 is 1.46 bits per heavy atom. The van der Waals surface area contributed by atoms with Crippen LogP contribution in [0.1, 0.15) is 123 Å². The van der Waals surface area contributed by atoms with Gasteiger partial charge in [0.15, 0.2) is 0 Å². The van der Waals surface area contributed by atoms with Crippen LogP contribution in [0, 0.1) is 23.7 Å². The number of nitrogens with one attached hydrogen (secondary N) is 3. The van der Waals surface area contributed by atoms with Crippen LogP contribution >= 0.6 is 0 Å². The Morgan fingerprint density at radius 3 is 2.04 bits per heavy atom. The molecule has 0 heterocycles. The molecule has 1 saturated carbocycles. The molecule has 2 aromatic carbocycles. The van der Waals surface area contributed by atoms with E-state index in [0.717, 1.165) is 56.1 Å². The highest BCUT2D eigenvalue weighted by Gasteiger charge is 2.38. The minimum absolute atomic E-state index is 0.00792. The molecule has 16 heteroatoms. The summed E-state index contributed by atoms with van der Waals surface area (Å²) in [5, 5.41) is 18.2. The first-order chi connectivity index (χ1) is 32.0. The molecule has 3 rings (SSSR count). The van der Waals surface area contributed by atoms with E-state index in [1.54, 1.807) is 38.2 Å². The molecule has 1 aliphatic rings. The van der Waals surface area contributed by atoms with Crippen molar-refractivity contribution in [2.24, 2.45) is 34.4 Å². The number of aliphatic carboxylic acids is 1. The van der Waals surface area contributed by atoms with Crippen molar-refractivity contribution in [3.8, 4) is 0 Å². The summed E-state index contributed by atoms with van der Waals surface area (Å²) in [5.74, 6) is -5.85. The van der Waals surface area contributed by atoms with E-state index in [2.05, 4.69) is 27.9 Å². The first-order valence-electron chi connectivity index (χ1n) is 24.2. The summed E-state index contributed by atoms with van der Waals surface area (Å²) in [7, 11) is 1.60. The van der Waals surface area contributed by atoms with Gasteiger partial charge in [-0.3, -0.25) is 24.0 Å². The third-order valence-corrected chi connectivity index (χ3v) is 12.2. The molecule has 0 saturated heterocycles. The van der Waals surface area contributed by atoms with Crippen molar-refractivity contribution in [3.05, 3.63) is 71.8 Å². The molecule has 6 N–H and O–H groups in total. The van der Waals surface area contributed by atoms with Crippen LogP contribution in [0.5, 0.6) is 0 Å². The molecular formula is C51H78N6O10. The normalized spacial score (nSPS) is 16.4. The zero-order valence-corrected chi connectivity index (χ0v) is 40.9. The number of carbonyl (C=O) groups is 6. The van der Waals surface area contributed by atoms with Crippen molar-refractivity contribution in [1.29, 1.82) is 0 Å². The first kappa shape index (κ1) is 56.1. The van der Waals surface area contributed by atoms with Gasteiger partial charge in [-0.15, -0.1) is 0 Å². The van der Waals surface area contributed by atoms with Crippen molar-refractivity contribution < 1.29 is 48.1 Å². The van der Waals surface area contributed by atoms with Gasteiger partial charge >= 0.3 is 12.1 Å². The van der Waals surface area contributed by atoms with Gasteiger partial charge in [-0.2, -0.15) is 0 Å². The van der Waals surface area contributed by atoms with Gasteiger partial charge in [-0.25, -0.2) is 9.79 Å². The van der Waals surface area contributed by atoms with Crippen LogP contribution in [0.15, 0.2) is 65.7 Å². The number of amides is 5. The Balaban J connectivity index is 1.91. The Hall–Kier alpha value is -5.19. The molecule has 0 radical (unpaired) electrons. The number of carbonyl (C=O) groups excluding carboxylic acids is 5. The van der Waals surface area contributed by atoms with Crippen LogP contribution in [0.4, 0.5) is 4.79 Å². The smallest absolute Gasteiger partial charge is 0.407 e. The van der Waals surface area contributed by atoms with E-state index in [-0.39, 0.29) is 50.2 Å². The van der Waals surface area contributed by atoms with Gasteiger partial charge in [-0.05, 0) is 62.5 Å². The van der Waals surface area contributed by atoms with E-state index < -0.39 is 78.2 Å². The average molecular weight is 935 g/mol. The number of ether oxygens (including phenoxy) is 3. The third-order valence-electron chi connectivity index (χ3n) is 12.2. The maximum absolute atomic E-state index is 14.5. The quantitative estimate of drug-likeness (QED) is 0.0432. The highest BCUT2D eigenvalue weighted by atomic mass is 16.5. The number of aliphatic imine (C=N–C) groups is 1. The Morgan fingerprint density at radius 1 is 0.836 bits per heavy atom. The second kappa shape index (κ2) is 30.2. The van der Waals surface area contributed by atoms with Crippen molar-refractivity contribution >= 4 is 41.4 Å². The van der Waals surface area contributed by atoms with Crippen molar-refractivity contribution in [3.63, 3.8) is 0 Å². The largest absolute Gasteiger partial charge is 0.481 e. The highest BCUT2D eigenvalue weighted by Crippen LogP contribution is 2.28. The molecule has 1 fully saturated rings. The molecule has 67 heavy (non-hydrogen) atoms. The maximum Gasteiger partial charge on any atom is 0.407 e. The van der Waals surface area contributed by atoms with E-state index in [4.69, 9.17) is 19.9 Å². The molecule has 0 aromatic heterocycles. The lowest BCUT2D eigenvalue weighted by atomic mass is 9.83. The van der Waals surface area contributed by atoms with Gasteiger partial charge in [-0.1, -0.05) is 133 Å². The molecule has 5 amide bonds. The van der Waals surface area contributed by atoms with Crippen LogP contribution in [-0.2, 0) is 51.4 Å². The van der Waals surface area contributed by atoms with Gasteiger partial charge in [0.2, 0.25) is 11.8 Å². The number of likely N-dealkylation sites (N-methyl/N-ethyl adjacent to an activating group) is 1. The fourth-order valence-electron chi connectivity index (χ4n) is 8.12. The van der Waals surface area contributed by atoms with Crippen molar-refractivity contribution in [2.75, 3.05) is 26.7 Å². The number of hydrogen-bond donors (Lipinski definition) is 5. The lowest BCUT2D eigenvalue weighted by Crippen LogP contribution is -2.56. The number of hydrogen-bond acceptors (Lipinski definition) is 10. The monoisotopic (exact) mass is 935 g/mol. The van der Waals surface area contributed by atoms with Crippen LogP contribution in [0.3, 0.4) is 0 Å². The van der Waals surface area contributed by atoms with E-state index in [1.807, 2.05) is 64.1 Å². The van der Waals surface area contributed by atoms with Gasteiger partial charge in [0.1, 0.15) is 24.4 Å². The molecule has 16 nitrogen and oxygen atoms in total. The maximum atomic E-state index is 14.5. The number of alkyl carbamates (subject to hydrolysis) is 1. The molecule has 2 aromatic rings. The van der Waals surface area contributed by atoms with E-state index >= 15 is 0 Å². The predicted molar refractivity (Wildman–Crippen MR) is 258 cm³/mol. The zero-order chi connectivity index (χ0) is 49.3. The van der Waals surface area contributed by atoms with E-state index in [9.17, 15) is 33.9 Å². The summed E-state index contributed by atoms with van der Waals surface area (Å²) >= 11 is 0. The summed E-state index contributed by atoms with van der Waals surface area (Å²) in [6.07, 6.45) is 6.66. The predicted octanol–water partition coefficient (Wildman–Crippen LogP) is 6.58. The Kier molecular flexibility index (Phi) is 25.3. The average Bonchev–Trinajstić information content (AvgIpc) is 3.31. The topological polar surface area (TPSA) is 228 Å². The number of nitrogens with zero attached hydrogens (tertiary/aromatic N) is 2. The van der Waals surface area contributed by atoms with E-state index in [1.165, 1.54) is 4.90 Å². The van der Waals surface area contributed by atoms with Gasteiger partial charge < -0.3 is 45.9 Å². The summed E-state index contributed by atoms with van der Waals surface area (Å²) in [6.45, 7) is 10.7. The van der Waals surface area contributed by atoms with Crippen LogP contribution < -0.4 is 21.7 Å². The second-order valence-corrected chi connectivity index (χ2v) is 18.4. The van der Waals surface area contributed by atoms with Crippen LogP contribution in [0.25, 0.3) is 0 Å². The SMILES string of the molecule is CCCCCC[C@@H](OC[C@@H](C)N)[C@@H](C)C(=O)N(C)[C@@H](CC(C)C)C(=O)N[C@H](C(=O)N=C(CNC(=O)OCc1ccccc1)C(=O)NC[C@H](C(=O)O)[C@H](C)OCc1ccccc1)C1CCCCC1. The highest BCUT2D eigenvalue weighted by molar-refractivity contribution is 6.41. The molecule has 0 spiro atoms. The third kappa shape index (κ3) is 20.3. The lowest BCUT2D eigenvalue weighted by Gasteiger charge is -2.35. The lowest BCUT2D eigenvalue weighted by molar-refractivity contribution is -0.147. The number of rotatable bonds is 29. The molecule has 7 atom stereocenters. The number of benzene rings is 2. The summed E-state index contributed by atoms with van der Waals surface area (Å²) in [5.41, 5.74) is 7.18. The molecule has 0 unspecified atom stereocenters.